The summed E-state index contributed by atoms with van der Waals surface area (Å²) < 4.78 is 4.72. The zero-order chi connectivity index (χ0) is 8.10. The summed E-state index contributed by atoms with van der Waals surface area (Å²) in [6.45, 7) is 2.03. The van der Waals surface area contributed by atoms with Crippen LogP contribution in [-0.2, 0) is 9.22 Å². The lowest BCUT2D eigenvalue weighted by Gasteiger charge is -2.00. The molecule has 1 aromatic carbocycles. The van der Waals surface area contributed by atoms with Crippen LogP contribution in [0.4, 0.5) is 0 Å². The molecular formula is C8H10O2S. The first-order valence-corrected chi connectivity index (χ1v) is 4.01. The van der Waals surface area contributed by atoms with Gasteiger partial charge in [-0.15, -0.1) is 0 Å². The number of benzene rings is 1. The first-order valence-electron chi connectivity index (χ1n) is 3.27. The normalized spacial score (nSPS) is 10.0. The minimum absolute atomic E-state index is 1.08. The van der Waals surface area contributed by atoms with E-state index in [1.54, 1.807) is 0 Å². The van der Waals surface area contributed by atoms with E-state index in [2.05, 4.69) is 4.89 Å². The summed E-state index contributed by atoms with van der Waals surface area (Å²) in [5, 5.41) is 0. The monoisotopic (exact) mass is 170 g/mol. The molecule has 0 bridgehead atoms. The maximum absolute atomic E-state index is 4.72. The van der Waals surface area contributed by atoms with E-state index in [4.69, 9.17) is 4.33 Å². The number of hydrogen-bond acceptors (Lipinski definition) is 3. The predicted octanol–water partition coefficient (Wildman–Crippen LogP) is 2.58. The first-order chi connectivity index (χ1) is 5.34. The van der Waals surface area contributed by atoms with Crippen molar-refractivity contribution >= 4 is 12.0 Å². The van der Waals surface area contributed by atoms with Gasteiger partial charge in [-0.05, 0) is 18.6 Å². The van der Waals surface area contributed by atoms with E-state index >= 15 is 0 Å². The van der Waals surface area contributed by atoms with Gasteiger partial charge in [0, 0.05) is 4.90 Å². The molecule has 0 aromatic heterocycles. The highest BCUT2D eigenvalue weighted by molar-refractivity contribution is 7.94. The van der Waals surface area contributed by atoms with Gasteiger partial charge in [-0.3, -0.25) is 0 Å². The highest BCUT2D eigenvalue weighted by Crippen LogP contribution is 2.22. The summed E-state index contributed by atoms with van der Waals surface area (Å²) >= 11 is 1.22. The molecule has 0 heterocycles. The fraction of sp³-hybridized carbons (Fsp3) is 0.250. The van der Waals surface area contributed by atoms with Gasteiger partial charge < -0.3 is 0 Å². The van der Waals surface area contributed by atoms with Gasteiger partial charge in [0.15, 0.2) is 0 Å². The van der Waals surface area contributed by atoms with E-state index in [1.165, 1.54) is 24.7 Å². The maximum Gasteiger partial charge on any atom is 0.0725 e. The third-order valence-electron chi connectivity index (χ3n) is 1.29. The Kier molecular flexibility index (Phi) is 3.42. The zero-order valence-electron chi connectivity index (χ0n) is 6.53. The number of hydrogen-bond donors (Lipinski definition) is 0. The summed E-state index contributed by atoms with van der Waals surface area (Å²) in [4.78, 5) is 5.54. The van der Waals surface area contributed by atoms with Gasteiger partial charge in [-0.25, -0.2) is 4.89 Å². The molecule has 0 spiro atoms. The van der Waals surface area contributed by atoms with Crippen LogP contribution in [0.5, 0.6) is 0 Å². The molecule has 0 saturated heterocycles. The molecule has 3 heteroatoms. The minimum Gasteiger partial charge on any atom is -0.227 e. The van der Waals surface area contributed by atoms with E-state index in [9.17, 15) is 0 Å². The Hall–Kier alpha value is -0.510. The molecule has 0 radical (unpaired) electrons. The van der Waals surface area contributed by atoms with Crippen molar-refractivity contribution in [2.45, 2.75) is 11.8 Å². The van der Waals surface area contributed by atoms with Crippen molar-refractivity contribution in [2.24, 2.45) is 0 Å². The molecule has 2 nitrogen and oxygen atoms in total. The smallest absolute Gasteiger partial charge is 0.0725 e. The Morgan fingerprint density at radius 3 is 2.64 bits per heavy atom. The van der Waals surface area contributed by atoms with Crippen LogP contribution in [-0.4, -0.2) is 7.11 Å². The molecule has 60 valence electrons. The number of aryl methyl sites for hydroxylation is 1. The lowest BCUT2D eigenvalue weighted by molar-refractivity contribution is -0.160. The predicted molar refractivity (Wildman–Crippen MR) is 45.1 cm³/mol. The fourth-order valence-electron chi connectivity index (χ4n) is 0.721. The van der Waals surface area contributed by atoms with E-state index < -0.39 is 0 Å². The minimum atomic E-state index is 1.08. The Labute approximate surface area is 70.6 Å². The van der Waals surface area contributed by atoms with Crippen molar-refractivity contribution in [2.75, 3.05) is 7.11 Å². The van der Waals surface area contributed by atoms with Gasteiger partial charge in [0.25, 0.3) is 0 Å². The highest BCUT2D eigenvalue weighted by atomic mass is 32.2. The van der Waals surface area contributed by atoms with Gasteiger partial charge in [0.05, 0.1) is 19.2 Å². The molecule has 0 aliphatic heterocycles. The largest absolute Gasteiger partial charge is 0.227 e. The fourth-order valence-corrected chi connectivity index (χ4v) is 1.20. The van der Waals surface area contributed by atoms with Crippen LogP contribution >= 0.6 is 12.0 Å². The van der Waals surface area contributed by atoms with Gasteiger partial charge in [0.1, 0.15) is 0 Å². The topological polar surface area (TPSA) is 18.5 Å². The molecule has 11 heavy (non-hydrogen) atoms. The second-order valence-electron chi connectivity index (χ2n) is 2.08. The third-order valence-corrected chi connectivity index (χ3v) is 2.13. The van der Waals surface area contributed by atoms with Gasteiger partial charge in [0.2, 0.25) is 0 Å². The summed E-state index contributed by atoms with van der Waals surface area (Å²) in [7, 11) is 1.49. The van der Waals surface area contributed by atoms with Crippen molar-refractivity contribution in [1.82, 2.24) is 0 Å². The molecule has 1 rings (SSSR count). The zero-order valence-corrected chi connectivity index (χ0v) is 7.35. The SMILES string of the molecule is COOSc1ccccc1C. The van der Waals surface area contributed by atoms with E-state index in [0.717, 1.165) is 4.90 Å². The van der Waals surface area contributed by atoms with Crippen LogP contribution in [0.25, 0.3) is 0 Å². The first kappa shape index (κ1) is 8.59. The van der Waals surface area contributed by atoms with Crippen molar-refractivity contribution in [3.05, 3.63) is 29.8 Å². The summed E-state index contributed by atoms with van der Waals surface area (Å²) in [5.41, 5.74) is 1.19. The molecule has 0 unspecified atom stereocenters. The van der Waals surface area contributed by atoms with Crippen LogP contribution in [0, 0.1) is 6.92 Å². The molecule has 0 aliphatic carbocycles. The quantitative estimate of drug-likeness (QED) is 0.394. The molecule has 0 aliphatic rings. The second kappa shape index (κ2) is 4.38. The van der Waals surface area contributed by atoms with Crippen LogP contribution in [0.3, 0.4) is 0 Å². The maximum atomic E-state index is 4.72. The van der Waals surface area contributed by atoms with E-state index in [-0.39, 0.29) is 0 Å². The molecule has 0 N–H and O–H groups in total. The van der Waals surface area contributed by atoms with Crippen molar-refractivity contribution in [1.29, 1.82) is 0 Å². The second-order valence-corrected chi connectivity index (χ2v) is 2.83. The van der Waals surface area contributed by atoms with Crippen molar-refractivity contribution in [3.63, 3.8) is 0 Å². The summed E-state index contributed by atoms with van der Waals surface area (Å²) in [6, 6.07) is 7.97. The molecule has 0 atom stereocenters. The lowest BCUT2D eigenvalue weighted by Crippen LogP contribution is -1.80. The Balaban J connectivity index is 2.62. The summed E-state index contributed by atoms with van der Waals surface area (Å²) in [6.07, 6.45) is 0. The Morgan fingerprint density at radius 1 is 1.27 bits per heavy atom. The van der Waals surface area contributed by atoms with Crippen molar-refractivity contribution < 1.29 is 9.22 Å². The van der Waals surface area contributed by atoms with Gasteiger partial charge in [-0.1, -0.05) is 18.2 Å². The molecule has 1 aromatic rings. The molecular weight excluding hydrogens is 160 g/mol. The summed E-state index contributed by atoms with van der Waals surface area (Å²) in [5.74, 6) is 0. The third kappa shape index (κ3) is 2.54. The van der Waals surface area contributed by atoms with Crippen LogP contribution < -0.4 is 0 Å². The Bertz CT molecular complexity index is 225. The molecule has 0 fully saturated rings. The highest BCUT2D eigenvalue weighted by Gasteiger charge is 1.96. The van der Waals surface area contributed by atoms with Crippen LogP contribution in [0.15, 0.2) is 29.2 Å². The number of rotatable bonds is 3. The van der Waals surface area contributed by atoms with Crippen LogP contribution in [0.1, 0.15) is 5.56 Å². The van der Waals surface area contributed by atoms with Gasteiger partial charge >= 0.3 is 0 Å². The van der Waals surface area contributed by atoms with E-state index in [1.807, 2.05) is 31.2 Å². The standard InChI is InChI=1S/C8H10O2S/c1-7-5-3-4-6-8(7)11-10-9-2/h3-6H,1-2H3. The Morgan fingerprint density at radius 2 is 2.00 bits per heavy atom. The van der Waals surface area contributed by atoms with E-state index in [0.29, 0.717) is 0 Å². The lowest BCUT2D eigenvalue weighted by atomic mass is 10.2. The average Bonchev–Trinajstić information content (AvgIpc) is 2.03. The molecule has 0 saturated carbocycles. The average molecular weight is 170 g/mol. The van der Waals surface area contributed by atoms with Crippen molar-refractivity contribution in [3.8, 4) is 0 Å². The van der Waals surface area contributed by atoms with Crippen LogP contribution in [0.2, 0.25) is 0 Å². The molecule has 0 amide bonds. The van der Waals surface area contributed by atoms with Gasteiger partial charge in [-0.2, -0.15) is 4.33 Å².